The molecule has 7 heteroatoms. The van der Waals surface area contributed by atoms with Crippen molar-refractivity contribution in [3.05, 3.63) is 106 Å². The van der Waals surface area contributed by atoms with Crippen molar-refractivity contribution < 1.29 is 13.6 Å². The molecule has 4 aromatic rings. The Morgan fingerprint density at radius 1 is 0.971 bits per heavy atom. The molecule has 1 aromatic heterocycles. The summed E-state index contributed by atoms with van der Waals surface area (Å²) in [5.41, 5.74) is 0.880. The van der Waals surface area contributed by atoms with Crippen LogP contribution in [0.5, 0.6) is 0 Å². The minimum absolute atomic E-state index is 0.225. The summed E-state index contributed by atoms with van der Waals surface area (Å²) in [6.45, 7) is 4.24. The zero-order chi connectivity index (χ0) is 24.2. The molecular formula is C27H25F2N3O2. The molecule has 0 aliphatic carbocycles. The van der Waals surface area contributed by atoms with Crippen molar-refractivity contribution in [2.45, 2.75) is 32.7 Å². The number of benzene rings is 3. The molecule has 34 heavy (non-hydrogen) atoms. The second-order valence-electron chi connectivity index (χ2n) is 8.04. The summed E-state index contributed by atoms with van der Waals surface area (Å²) < 4.78 is 29.0. The monoisotopic (exact) mass is 461 g/mol. The van der Waals surface area contributed by atoms with Crippen LogP contribution in [0.4, 0.5) is 8.78 Å². The SMILES string of the molecule is CCCN(C(=O)c1cccc(F)c1)C(CC)c1nc2ccccc2c(=O)n1-c1ccc(F)cc1. The van der Waals surface area contributed by atoms with Gasteiger partial charge in [0.15, 0.2) is 0 Å². The van der Waals surface area contributed by atoms with E-state index in [9.17, 15) is 18.4 Å². The smallest absolute Gasteiger partial charge is 0.266 e. The maximum Gasteiger partial charge on any atom is 0.266 e. The number of hydrogen-bond acceptors (Lipinski definition) is 3. The Bertz CT molecular complexity index is 1380. The molecule has 4 rings (SSSR count). The fourth-order valence-corrected chi connectivity index (χ4v) is 4.18. The van der Waals surface area contributed by atoms with Crippen LogP contribution in [-0.4, -0.2) is 26.9 Å². The topological polar surface area (TPSA) is 55.2 Å². The van der Waals surface area contributed by atoms with Gasteiger partial charge in [-0.25, -0.2) is 13.8 Å². The fourth-order valence-electron chi connectivity index (χ4n) is 4.18. The van der Waals surface area contributed by atoms with E-state index in [1.54, 1.807) is 35.2 Å². The van der Waals surface area contributed by atoms with Gasteiger partial charge >= 0.3 is 0 Å². The molecule has 5 nitrogen and oxygen atoms in total. The van der Waals surface area contributed by atoms with Crippen LogP contribution in [-0.2, 0) is 0 Å². The van der Waals surface area contributed by atoms with Crippen LogP contribution in [0, 0.1) is 11.6 Å². The Kier molecular flexibility index (Phi) is 6.82. The molecule has 1 unspecified atom stereocenters. The van der Waals surface area contributed by atoms with Crippen molar-refractivity contribution in [1.82, 2.24) is 14.5 Å². The van der Waals surface area contributed by atoms with Crippen LogP contribution in [0.2, 0.25) is 0 Å². The van der Waals surface area contributed by atoms with Crippen LogP contribution in [0.25, 0.3) is 16.6 Å². The molecule has 1 amide bonds. The number of rotatable bonds is 7. The third-order valence-electron chi connectivity index (χ3n) is 5.74. The second-order valence-corrected chi connectivity index (χ2v) is 8.04. The highest BCUT2D eigenvalue weighted by Crippen LogP contribution is 2.28. The summed E-state index contributed by atoms with van der Waals surface area (Å²) in [7, 11) is 0. The highest BCUT2D eigenvalue weighted by atomic mass is 19.1. The van der Waals surface area contributed by atoms with E-state index < -0.39 is 17.7 Å². The molecule has 0 fully saturated rings. The van der Waals surface area contributed by atoms with Crippen molar-refractivity contribution >= 4 is 16.8 Å². The van der Waals surface area contributed by atoms with Gasteiger partial charge in [-0.05, 0) is 67.4 Å². The first-order valence-electron chi connectivity index (χ1n) is 11.3. The van der Waals surface area contributed by atoms with Gasteiger partial charge < -0.3 is 4.90 Å². The number of nitrogens with zero attached hydrogens (tertiary/aromatic N) is 3. The summed E-state index contributed by atoms with van der Waals surface area (Å²) in [5.74, 6) is -0.896. The Morgan fingerprint density at radius 3 is 2.38 bits per heavy atom. The standard InChI is InChI=1S/C27H25F2N3O2/c1-3-16-31(26(33)18-8-7-9-20(29)17-18)24(4-2)25-30-23-11-6-5-10-22(23)27(34)32(25)21-14-12-19(28)13-15-21/h5-15,17,24H,3-4,16H2,1-2H3. The molecule has 0 radical (unpaired) electrons. The predicted molar refractivity (Wildman–Crippen MR) is 128 cm³/mol. The van der Waals surface area contributed by atoms with E-state index in [1.165, 1.54) is 47.0 Å². The van der Waals surface area contributed by atoms with Crippen molar-refractivity contribution in [1.29, 1.82) is 0 Å². The van der Waals surface area contributed by atoms with Gasteiger partial charge in [-0.15, -0.1) is 0 Å². The minimum Gasteiger partial charge on any atom is -0.328 e. The summed E-state index contributed by atoms with van der Waals surface area (Å²) >= 11 is 0. The maximum absolute atomic E-state index is 13.9. The number of aromatic nitrogens is 2. The number of fused-ring (bicyclic) bond motifs is 1. The number of halogens is 2. The lowest BCUT2D eigenvalue weighted by Crippen LogP contribution is -2.39. The molecule has 0 saturated heterocycles. The lowest BCUT2D eigenvalue weighted by molar-refractivity contribution is 0.0658. The summed E-state index contributed by atoms with van der Waals surface area (Å²) in [5, 5.41) is 0.420. The molecule has 3 aromatic carbocycles. The minimum atomic E-state index is -0.571. The zero-order valence-electron chi connectivity index (χ0n) is 19.0. The first kappa shape index (κ1) is 23.3. The molecule has 0 aliphatic rings. The molecular weight excluding hydrogens is 436 g/mol. The largest absolute Gasteiger partial charge is 0.328 e. The van der Waals surface area contributed by atoms with Crippen molar-refractivity contribution in [3.63, 3.8) is 0 Å². The molecule has 1 heterocycles. The lowest BCUT2D eigenvalue weighted by atomic mass is 10.1. The highest BCUT2D eigenvalue weighted by molar-refractivity contribution is 5.94. The number of hydrogen-bond donors (Lipinski definition) is 0. The molecule has 0 N–H and O–H groups in total. The van der Waals surface area contributed by atoms with Crippen LogP contribution >= 0.6 is 0 Å². The van der Waals surface area contributed by atoms with Gasteiger partial charge in [0.25, 0.3) is 11.5 Å². The number of amides is 1. The number of carbonyl (C=O) groups is 1. The molecule has 1 atom stereocenters. The third kappa shape index (κ3) is 4.46. The molecule has 0 saturated carbocycles. The van der Waals surface area contributed by atoms with Gasteiger partial charge in [-0.3, -0.25) is 14.2 Å². The van der Waals surface area contributed by atoms with Gasteiger partial charge in [0.05, 0.1) is 22.6 Å². The van der Waals surface area contributed by atoms with Gasteiger partial charge in [0.2, 0.25) is 0 Å². The lowest BCUT2D eigenvalue weighted by Gasteiger charge is -2.32. The van der Waals surface area contributed by atoms with Gasteiger partial charge in [0.1, 0.15) is 17.5 Å². The Hall–Kier alpha value is -3.87. The average molecular weight is 462 g/mol. The Balaban J connectivity index is 1.94. The van der Waals surface area contributed by atoms with Gasteiger partial charge in [-0.2, -0.15) is 0 Å². The predicted octanol–water partition coefficient (Wildman–Crippen LogP) is 5.67. The first-order valence-corrected chi connectivity index (χ1v) is 11.3. The Labute approximate surface area is 196 Å². The van der Waals surface area contributed by atoms with E-state index in [2.05, 4.69) is 0 Å². The average Bonchev–Trinajstić information content (AvgIpc) is 2.84. The third-order valence-corrected chi connectivity index (χ3v) is 5.74. The van der Waals surface area contributed by atoms with E-state index >= 15 is 0 Å². The quantitative estimate of drug-likeness (QED) is 0.356. The molecule has 0 spiro atoms. The summed E-state index contributed by atoms with van der Waals surface area (Å²) in [6, 6.07) is 17.6. The van der Waals surface area contributed by atoms with E-state index in [4.69, 9.17) is 4.98 Å². The van der Waals surface area contributed by atoms with Gasteiger partial charge in [0, 0.05) is 12.1 Å². The summed E-state index contributed by atoms with van der Waals surface area (Å²) in [6.07, 6.45) is 1.12. The number of carbonyl (C=O) groups excluding carboxylic acids is 1. The fraction of sp³-hybridized carbons (Fsp3) is 0.222. The van der Waals surface area contributed by atoms with Crippen LogP contribution in [0.15, 0.2) is 77.6 Å². The van der Waals surface area contributed by atoms with Crippen LogP contribution < -0.4 is 5.56 Å². The highest BCUT2D eigenvalue weighted by Gasteiger charge is 2.29. The van der Waals surface area contributed by atoms with Crippen LogP contribution in [0.3, 0.4) is 0 Å². The zero-order valence-corrected chi connectivity index (χ0v) is 19.0. The van der Waals surface area contributed by atoms with Crippen molar-refractivity contribution in [2.75, 3.05) is 6.54 Å². The van der Waals surface area contributed by atoms with E-state index in [0.29, 0.717) is 41.8 Å². The summed E-state index contributed by atoms with van der Waals surface area (Å²) in [4.78, 5) is 33.5. The normalized spacial score (nSPS) is 12.0. The maximum atomic E-state index is 13.9. The second kappa shape index (κ2) is 9.95. The van der Waals surface area contributed by atoms with Gasteiger partial charge in [-0.1, -0.05) is 32.0 Å². The molecule has 0 bridgehead atoms. The van der Waals surface area contributed by atoms with Crippen molar-refractivity contribution in [3.8, 4) is 5.69 Å². The Morgan fingerprint density at radius 2 is 1.71 bits per heavy atom. The molecule has 0 aliphatic heterocycles. The van der Waals surface area contributed by atoms with E-state index in [-0.39, 0.29) is 17.0 Å². The molecule has 174 valence electrons. The van der Waals surface area contributed by atoms with E-state index in [0.717, 1.165) is 0 Å². The van der Waals surface area contributed by atoms with E-state index in [1.807, 2.05) is 13.8 Å². The van der Waals surface area contributed by atoms with Crippen molar-refractivity contribution in [2.24, 2.45) is 0 Å². The van der Waals surface area contributed by atoms with Crippen LogP contribution in [0.1, 0.15) is 48.9 Å². The first-order chi connectivity index (χ1) is 16.4. The number of para-hydroxylation sites is 1.